The molecule has 4 N–H and O–H groups in total. The topological polar surface area (TPSA) is 105 Å². The molecule has 0 bridgehead atoms. The Balaban J connectivity index is 0.000000164. The molecular weight excluding hydrogens is 735 g/mol. The molecule has 0 aliphatic carbocycles. The molecule has 0 unspecified atom stereocenters. The van der Waals surface area contributed by atoms with Gasteiger partial charge in [0.15, 0.2) is 23.3 Å². The van der Waals surface area contributed by atoms with Gasteiger partial charge < -0.3 is 10.6 Å². The molecule has 0 saturated heterocycles. The third-order valence-corrected chi connectivity index (χ3v) is 9.56. The summed E-state index contributed by atoms with van der Waals surface area (Å²) >= 11 is 18.4. The maximum Gasteiger partial charge on any atom is 0.168 e. The number of hydrogen-bond acceptors (Lipinski definition) is 5. The van der Waals surface area contributed by atoms with Crippen molar-refractivity contribution in [3.05, 3.63) is 165 Å². The molecule has 0 radical (unpaired) electrons. The van der Waals surface area contributed by atoms with Crippen LogP contribution in [0.25, 0.3) is 44.1 Å². The van der Waals surface area contributed by atoms with Crippen molar-refractivity contribution in [1.29, 1.82) is 5.26 Å². The quantitative estimate of drug-likeness (QED) is 0.123. The van der Waals surface area contributed by atoms with E-state index < -0.39 is 11.6 Å². The molecule has 0 amide bonds. The number of fused-ring (bicyclic) bond motifs is 2. The SMILES string of the molecule is Fc1c(Cl)c(-c2ccccc2)cc2c(NCc3ccc(Cl)cc3)n[nH]c12.N#Cc1ccc(CNc2n[nH]c3c(F)c(Cl)c(-c4ccccc4)cc23)cc1. The summed E-state index contributed by atoms with van der Waals surface area (Å²) in [5.41, 5.74) is 6.12. The first kappa shape index (κ1) is 35.5. The first-order valence-electron chi connectivity index (χ1n) is 16.3. The fourth-order valence-corrected chi connectivity index (χ4v) is 6.43. The van der Waals surface area contributed by atoms with Crippen molar-refractivity contribution in [2.75, 3.05) is 10.6 Å². The van der Waals surface area contributed by atoms with E-state index in [1.807, 2.05) is 109 Å². The molecule has 0 fully saturated rings. The molecule has 262 valence electrons. The van der Waals surface area contributed by atoms with E-state index in [0.29, 0.717) is 57.2 Å². The molecule has 2 aromatic heterocycles. The summed E-state index contributed by atoms with van der Waals surface area (Å²) < 4.78 is 29.5. The van der Waals surface area contributed by atoms with E-state index in [9.17, 15) is 8.78 Å². The average Bonchev–Trinajstić information content (AvgIpc) is 3.81. The van der Waals surface area contributed by atoms with Crippen LogP contribution in [0.3, 0.4) is 0 Å². The summed E-state index contributed by atoms with van der Waals surface area (Å²) in [4.78, 5) is 0. The van der Waals surface area contributed by atoms with Crippen molar-refractivity contribution in [3.63, 3.8) is 0 Å². The Labute approximate surface area is 318 Å². The predicted molar refractivity (Wildman–Crippen MR) is 210 cm³/mol. The highest BCUT2D eigenvalue weighted by Crippen LogP contribution is 2.38. The minimum absolute atomic E-state index is 0.0657. The van der Waals surface area contributed by atoms with E-state index in [-0.39, 0.29) is 21.1 Å². The lowest BCUT2D eigenvalue weighted by Gasteiger charge is -2.08. The van der Waals surface area contributed by atoms with Gasteiger partial charge in [-0.1, -0.05) is 120 Å². The zero-order chi connectivity index (χ0) is 36.9. The van der Waals surface area contributed by atoms with Crippen LogP contribution in [-0.2, 0) is 13.1 Å². The Hall–Kier alpha value is -5.92. The van der Waals surface area contributed by atoms with Crippen LogP contribution in [-0.4, -0.2) is 20.4 Å². The number of anilines is 2. The molecule has 8 aromatic rings. The molecule has 12 heteroatoms. The lowest BCUT2D eigenvalue weighted by Crippen LogP contribution is -2.00. The van der Waals surface area contributed by atoms with Crippen LogP contribution in [0.2, 0.25) is 15.1 Å². The maximum atomic E-state index is 14.7. The number of aromatic nitrogens is 4. The Morgan fingerprint density at radius 3 is 1.42 bits per heavy atom. The van der Waals surface area contributed by atoms with Crippen LogP contribution in [0.4, 0.5) is 20.4 Å². The number of nitrogens with zero attached hydrogens (tertiary/aromatic N) is 3. The first-order valence-corrected chi connectivity index (χ1v) is 17.5. The highest BCUT2D eigenvalue weighted by atomic mass is 35.5. The highest BCUT2D eigenvalue weighted by Gasteiger charge is 2.19. The molecule has 0 aliphatic rings. The van der Waals surface area contributed by atoms with Crippen molar-refractivity contribution in [3.8, 4) is 28.3 Å². The van der Waals surface area contributed by atoms with E-state index in [4.69, 9.17) is 40.1 Å². The van der Waals surface area contributed by atoms with Crippen LogP contribution < -0.4 is 10.6 Å². The summed E-state index contributed by atoms with van der Waals surface area (Å²) in [6.45, 7) is 1.04. The average molecular weight is 763 g/mol. The van der Waals surface area contributed by atoms with Gasteiger partial charge in [0, 0.05) is 40.0 Å². The molecule has 6 aromatic carbocycles. The number of benzene rings is 6. The lowest BCUT2D eigenvalue weighted by molar-refractivity contribution is 0.637. The van der Waals surface area contributed by atoms with Crippen molar-refractivity contribution in [1.82, 2.24) is 20.4 Å². The number of nitrogens with one attached hydrogen (secondary N) is 4. The lowest BCUT2D eigenvalue weighted by atomic mass is 10.0. The van der Waals surface area contributed by atoms with Gasteiger partial charge in [-0.25, -0.2) is 8.78 Å². The molecular formula is C41H28Cl3F2N7. The third kappa shape index (κ3) is 7.66. The zero-order valence-corrected chi connectivity index (χ0v) is 30.0. The Kier molecular flexibility index (Phi) is 10.6. The maximum absolute atomic E-state index is 14.7. The Bertz CT molecular complexity index is 2570. The Morgan fingerprint density at radius 1 is 0.585 bits per heavy atom. The van der Waals surface area contributed by atoms with Gasteiger partial charge in [0.2, 0.25) is 0 Å². The summed E-state index contributed by atoms with van der Waals surface area (Å²) in [6.07, 6.45) is 0. The number of halogens is 5. The number of aromatic amines is 2. The summed E-state index contributed by atoms with van der Waals surface area (Å²) in [6, 6.07) is 39.4. The summed E-state index contributed by atoms with van der Waals surface area (Å²) in [5.74, 6) is 0.0896. The van der Waals surface area contributed by atoms with Gasteiger partial charge in [0.05, 0.1) is 21.7 Å². The fourth-order valence-electron chi connectivity index (χ4n) is 5.78. The second-order valence-electron chi connectivity index (χ2n) is 12.0. The number of H-pyrrole nitrogens is 2. The van der Waals surface area contributed by atoms with E-state index in [2.05, 4.69) is 37.1 Å². The molecule has 8 rings (SSSR count). The van der Waals surface area contributed by atoms with Gasteiger partial charge in [0.1, 0.15) is 11.0 Å². The third-order valence-electron chi connectivity index (χ3n) is 8.57. The highest BCUT2D eigenvalue weighted by molar-refractivity contribution is 6.35. The molecule has 53 heavy (non-hydrogen) atoms. The van der Waals surface area contributed by atoms with Crippen LogP contribution in [0.5, 0.6) is 0 Å². The van der Waals surface area contributed by atoms with Crippen molar-refractivity contribution in [2.24, 2.45) is 0 Å². The molecule has 0 saturated carbocycles. The van der Waals surface area contributed by atoms with E-state index >= 15 is 0 Å². The van der Waals surface area contributed by atoms with Crippen LogP contribution in [0.1, 0.15) is 16.7 Å². The number of hydrogen-bond donors (Lipinski definition) is 4. The molecule has 7 nitrogen and oxygen atoms in total. The van der Waals surface area contributed by atoms with Gasteiger partial charge in [0.25, 0.3) is 0 Å². The molecule has 0 atom stereocenters. The van der Waals surface area contributed by atoms with Crippen molar-refractivity contribution < 1.29 is 8.78 Å². The van der Waals surface area contributed by atoms with Gasteiger partial charge in [-0.3, -0.25) is 10.2 Å². The number of rotatable bonds is 8. The van der Waals surface area contributed by atoms with Crippen molar-refractivity contribution >= 4 is 68.2 Å². The summed E-state index contributed by atoms with van der Waals surface area (Å²) in [5, 5.41) is 31.3. The van der Waals surface area contributed by atoms with Gasteiger partial charge in [-0.15, -0.1) is 0 Å². The zero-order valence-electron chi connectivity index (χ0n) is 27.7. The minimum atomic E-state index is -0.521. The predicted octanol–water partition coefficient (Wildman–Crippen LogP) is 11.8. The second-order valence-corrected chi connectivity index (χ2v) is 13.2. The molecule has 0 aliphatic heterocycles. The van der Waals surface area contributed by atoms with E-state index in [1.54, 1.807) is 12.1 Å². The van der Waals surface area contributed by atoms with Gasteiger partial charge >= 0.3 is 0 Å². The van der Waals surface area contributed by atoms with Crippen LogP contribution >= 0.6 is 34.8 Å². The van der Waals surface area contributed by atoms with E-state index in [0.717, 1.165) is 22.3 Å². The van der Waals surface area contributed by atoms with Gasteiger partial charge in [-0.05, 0) is 58.7 Å². The largest absolute Gasteiger partial charge is 0.364 e. The first-order chi connectivity index (χ1) is 25.8. The minimum Gasteiger partial charge on any atom is -0.364 e. The smallest absolute Gasteiger partial charge is 0.168 e. The molecule has 0 spiro atoms. The monoisotopic (exact) mass is 761 g/mol. The number of nitriles is 1. The normalized spacial score (nSPS) is 10.9. The standard InChI is InChI=1S/C21H14ClFN4.C20H14Cl2FN3/c22-18-16(15-4-2-1-3-5-15)10-17-20(19(18)23)26-27-21(17)25-12-14-8-6-13(11-24)7-9-14;21-14-8-6-12(7-9-14)11-24-20-16-10-15(13-4-2-1-3-5-13)17(22)18(23)19(16)25-26-20/h1-10H,12H2,(H2,25,26,27);1-10H,11H2,(H2,24,25,26). The van der Waals surface area contributed by atoms with Crippen molar-refractivity contribution in [2.45, 2.75) is 13.1 Å². The molecule has 2 heterocycles. The van der Waals surface area contributed by atoms with E-state index in [1.165, 1.54) is 0 Å². The van der Waals surface area contributed by atoms with Crippen LogP contribution in [0, 0.1) is 23.0 Å². The fraction of sp³-hybridized carbons (Fsp3) is 0.0488. The second kappa shape index (κ2) is 15.8. The van der Waals surface area contributed by atoms with Gasteiger partial charge in [-0.2, -0.15) is 15.5 Å². The summed E-state index contributed by atoms with van der Waals surface area (Å²) in [7, 11) is 0. The Morgan fingerprint density at radius 2 is 1.00 bits per heavy atom. The van der Waals surface area contributed by atoms with Crippen LogP contribution in [0.15, 0.2) is 121 Å².